The molecule has 23 heavy (non-hydrogen) atoms. The van der Waals surface area contributed by atoms with E-state index in [1.807, 2.05) is 0 Å². The number of sulfonamides is 1. The lowest BCUT2D eigenvalue weighted by atomic mass is 9.58. The summed E-state index contributed by atoms with van der Waals surface area (Å²) in [6.45, 7) is 0.989. The van der Waals surface area contributed by atoms with Crippen molar-refractivity contribution < 1.29 is 22.7 Å². The summed E-state index contributed by atoms with van der Waals surface area (Å²) in [5.74, 6) is -0.986. The van der Waals surface area contributed by atoms with Crippen molar-refractivity contribution in [1.29, 1.82) is 0 Å². The topological polar surface area (TPSA) is 74.7 Å². The summed E-state index contributed by atoms with van der Waals surface area (Å²) >= 11 is 0. The Bertz CT molecular complexity index is 705. The predicted octanol–water partition coefficient (Wildman–Crippen LogP) is 1.88. The molecule has 2 aliphatic rings. The molecule has 1 aliphatic carbocycles. The third kappa shape index (κ3) is 3.55. The molecule has 0 bridgehead atoms. The Kier molecular flexibility index (Phi) is 4.18. The Hall–Kier alpha value is -1.47. The summed E-state index contributed by atoms with van der Waals surface area (Å²) < 4.78 is 39.2. The van der Waals surface area contributed by atoms with Crippen molar-refractivity contribution in [2.75, 3.05) is 18.8 Å². The van der Waals surface area contributed by atoms with Crippen LogP contribution in [0.3, 0.4) is 0 Å². The highest BCUT2D eigenvalue weighted by Gasteiger charge is 2.55. The van der Waals surface area contributed by atoms with Crippen LogP contribution in [0.1, 0.15) is 24.8 Å². The first kappa shape index (κ1) is 16.4. The molecule has 3 rings (SSSR count). The number of hydrogen-bond acceptors (Lipinski definition) is 3. The Morgan fingerprint density at radius 2 is 2.04 bits per heavy atom. The van der Waals surface area contributed by atoms with Crippen LogP contribution in [0.5, 0.6) is 0 Å². The Morgan fingerprint density at radius 3 is 2.65 bits per heavy atom. The molecule has 0 atom stereocenters. The second-order valence-electron chi connectivity index (χ2n) is 6.84. The van der Waals surface area contributed by atoms with Gasteiger partial charge in [-0.15, -0.1) is 0 Å². The van der Waals surface area contributed by atoms with Gasteiger partial charge in [0.05, 0.1) is 5.75 Å². The number of halogens is 1. The summed E-state index contributed by atoms with van der Waals surface area (Å²) in [5.41, 5.74) is 0.681. The van der Waals surface area contributed by atoms with Gasteiger partial charge in [-0.2, -0.15) is 0 Å². The molecule has 0 amide bonds. The molecule has 5 nitrogen and oxygen atoms in total. The van der Waals surface area contributed by atoms with Crippen molar-refractivity contribution in [3.63, 3.8) is 0 Å². The molecular formula is C16H20FNO4S. The lowest BCUT2D eigenvalue weighted by Crippen LogP contribution is -2.64. The van der Waals surface area contributed by atoms with E-state index in [4.69, 9.17) is 5.11 Å². The maximum Gasteiger partial charge on any atom is 0.303 e. The average molecular weight is 341 g/mol. The van der Waals surface area contributed by atoms with Gasteiger partial charge in [0.2, 0.25) is 10.0 Å². The van der Waals surface area contributed by atoms with E-state index in [9.17, 15) is 17.6 Å². The van der Waals surface area contributed by atoms with Crippen LogP contribution >= 0.6 is 0 Å². The highest BCUT2D eigenvalue weighted by atomic mass is 32.2. The van der Waals surface area contributed by atoms with Crippen LogP contribution in [0.25, 0.3) is 0 Å². The van der Waals surface area contributed by atoms with Gasteiger partial charge in [0.15, 0.2) is 0 Å². The van der Waals surface area contributed by atoms with Gasteiger partial charge < -0.3 is 5.11 Å². The normalized spacial score (nSPS) is 20.9. The number of aliphatic carboxylic acids is 1. The fourth-order valence-electron chi connectivity index (χ4n) is 3.78. The van der Waals surface area contributed by atoms with Gasteiger partial charge >= 0.3 is 5.97 Å². The van der Waals surface area contributed by atoms with Crippen molar-refractivity contribution >= 4 is 16.0 Å². The van der Waals surface area contributed by atoms with Crippen molar-refractivity contribution in [2.24, 2.45) is 11.3 Å². The molecule has 1 N–H and O–H groups in total. The number of hydrogen-bond donors (Lipinski definition) is 1. The highest BCUT2D eigenvalue weighted by Crippen LogP contribution is 2.53. The second kappa shape index (κ2) is 5.87. The first-order chi connectivity index (χ1) is 10.8. The number of aryl methyl sites for hydroxylation is 1. The SMILES string of the molecule is O=C(O)CC1CC2(C1)CN(S(=O)(=O)CCc1cccc(F)c1)C2. The minimum atomic E-state index is -3.33. The van der Waals surface area contributed by atoms with Gasteiger partial charge in [0, 0.05) is 19.5 Å². The lowest BCUT2D eigenvalue weighted by molar-refractivity contribution is -0.142. The number of carbonyl (C=O) groups is 1. The monoisotopic (exact) mass is 341 g/mol. The smallest absolute Gasteiger partial charge is 0.303 e. The molecule has 1 saturated carbocycles. The van der Waals surface area contributed by atoms with Gasteiger partial charge in [0.1, 0.15) is 5.82 Å². The number of nitrogens with zero attached hydrogens (tertiary/aromatic N) is 1. The fourth-order valence-corrected chi connectivity index (χ4v) is 5.47. The van der Waals surface area contributed by atoms with E-state index in [-0.39, 0.29) is 29.3 Å². The number of benzene rings is 1. The quantitative estimate of drug-likeness (QED) is 0.857. The number of carboxylic acids is 1. The zero-order valence-corrected chi connectivity index (χ0v) is 13.6. The van der Waals surface area contributed by atoms with Crippen LogP contribution in [0.15, 0.2) is 24.3 Å². The zero-order chi connectivity index (χ0) is 16.7. The first-order valence-corrected chi connectivity index (χ1v) is 9.33. The average Bonchev–Trinajstić information content (AvgIpc) is 2.37. The van der Waals surface area contributed by atoms with E-state index < -0.39 is 16.0 Å². The van der Waals surface area contributed by atoms with Crippen molar-refractivity contribution in [1.82, 2.24) is 4.31 Å². The number of carboxylic acid groups (broad SMARTS) is 1. The van der Waals surface area contributed by atoms with Gasteiger partial charge in [-0.3, -0.25) is 4.79 Å². The molecule has 1 saturated heterocycles. The maximum absolute atomic E-state index is 13.1. The maximum atomic E-state index is 13.1. The molecule has 126 valence electrons. The fraction of sp³-hybridized carbons (Fsp3) is 0.562. The van der Waals surface area contributed by atoms with Gasteiger partial charge in [-0.05, 0) is 48.3 Å². The minimum Gasteiger partial charge on any atom is -0.481 e. The molecule has 0 unspecified atom stereocenters. The van der Waals surface area contributed by atoms with E-state index >= 15 is 0 Å². The minimum absolute atomic E-state index is 0.00599. The van der Waals surface area contributed by atoms with Gasteiger partial charge in [0.25, 0.3) is 0 Å². The van der Waals surface area contributed by atoms with Crippen LogP contribution in [-0.4, -0.2) is 42.6 Å². The molecule has 1 aromatic rings. The van der Waals surface area contributed by atoms with Crippen molar-refractivity contribution in [3.8, 4) is 0 Å². The molecule has 1 spiro atoms. The van der Waals surface area contributed by atoms with E-state index in [1.165, 1.54) is 16.4 Å². The van der Waals surface area contributed by atoms with Crippen LogP contribution < -0.4 is 0 Å². The van der Waals surface area contributed by atoms with E-state index in [0.29, 0.717) is 25.1 Å². The van der Waals surface area contributed by atoms with Crippen LogP contribution in [0, 0.1) is 17.2 Å². The lowest BCUT2D eigenvalue weighted by Gasteiger charge is -2.58. The van der Waals surface area contributed by atoms with Crippen LogP contribution in [0.2, 0.25) is 0 Å². The summed E-state index contributed by atoms with van der Waals surface area (Å²) in [5, 5.41) is 8.76. The number of rotatable bonds is 6. The molecule has 7 heteroatoms. The van der Waals surface area contributed by atoms with Crippen LogP contribution in [0.4, 0.5) is 4.39 Å². The largest absolute Gasteiger partial charge is 0.481 e. The zero-order valence-electron chi connectivity index (χ0n) is 12.7. The highest BCUT2D eigenvalue weighted by molar-refractivity contribution is 7.89. The van der Waals surface area contributed by atoms with Crippen molar-refractivity contribution in [3.05, 3.63) is 35.6 Å². The standard InChI is InChI=1S/C16H20FNO4S/c17-14-3-1-2-12(6-14)4-5-23(21,22)18-10-16(11-18)8-13(9-16)7-15(19)20/h1-3,6,13H,4-5,7-11H2,(H,19,20). The first-order valence-electron chi connectivity index (χ1n) is 7.72. The second-order valence-corrected chi connectivity index (χ2v) is 8.92. The van der Waals surface area contributed by atoms with Gasteiger partial charge in [-0.25, -0.2) is 17.1 Å². The van der Waals surface area contributed by atoms with E-state index in [0.717, 1.165) is 12.8 Å². The summed E-state index contributed by atoms with van der Waals surface area (Å²) in [7, 11) is -3.33. The molecule has 1 aromatic carbocycles. The van der Waals surface area contributed by atoms with Gasteiger partial charge in [-0.1, -0.05) is 12.1 Å². The van der Waals surface area contributed by atoms with Crippen molar-refractivity contribution in [2.45, 2.75) is 25.7 Å². The molecule has 1 aliphatic heterocycles. The van der Waals surface area contributed by atoms with E-state index in [1.54, 1.807) is 12.1 Å². The predicted molar refractivity (Wildman–Crippen MR) is 82.9 cm³/mol. The Morgan fingerprint density at radius 1 is 1.35 bits per heavy atom. The molecule has 1 heterocycles. The third-order valence-corrected chi connectivity index (χ3v) is 6.63. The summed E-state index contributed by atoms with van der Waals surface area (Å²) in [4.78, 5) is 10.7. The van der Waals surface area contributed by atoms with E-state index in [2.05, 4.69) is 0 Å². The molecule has 2 fully saturated rings. The molecular weight excluding hydrogens is 321 g/mol. The van der Waals surface area contributed by atoms with Crippen LogP contribution in [-0.2, 0) is 21.2 Å². The Labute approximate surface area is 135 Å². The summed E-state index contributed by atoms with van der Waals surface area (Å²) in [6, 6.07) is 5.99. The molecule has 0 radical (unpaired) electrons. The Balaban J connectivity index is 1.48. The summed E-state index contributed by atoms with van der Waals surface area (Å²) in [6.07, 6.45) is 2.07. The third-order valence-electron chi connectivity index (χ3n) is 4.86. The molecule has 0 aromatic heterocycles.